The summed E-state index contributed by atoms with van der Waals surface area (Å²) in [5, 5.41) is 6.19. The van der Waals surface area contributed by atoms with Gasteiger partial charge in [-0.3, -0.25) is 4.79 Å². The molecule has 0 spiro atoms. The second-order valence-corrected chi connectivity index (χ2v) is 8.15. The third-order valence-electron chi connectivity index (χ3n) is 3.52. The monoisotopic (exact) mass is 397 g/mol. The third kappa shape index (κ3) is 4.87. The van der Waals surface area contributed by atoms with E-state index in [1.807, 2.05) is 0 Å². The molecule has 0 aromatic heterocycles. The average Bonchev–Trinajstić information content (AvgIpc) is 2.61. The molecular formula is C17H20ClN3O4S. The van der Waals surface area contributed by atoms with Crippen molar-refractivity contribution in [1.82, 2.24) is 4.31 Å². The molecule has 0 aliphatic carbocycles. The summed E-state index contributed by atoms with van der Waals surface area (Å²) >= 11 is 5.81. The molecule has 2 aromatic rings. The van der Waals surface area contributed by atoms with E-state index < -0.39 is 10.0 Å². The van der Waals surface area contributed by atoms with E-state index in [-0.39, 0.29) is 17.3 Å². The molecule has 0 bridgehead atoms. The minimum Gasteiger partial charge on any atom is -0.495 e. The molecule has 2 N–H and O–H groups in total. The van der Waals surface area contributed by atoms with E-state index in [1.54, 1.807) is 24.3 Å². The summed E-state index contributed by atoms with van der Waals surface area (Å²) in [7, 11) is 0.777. The maximum absolute atomic E-state index is 12.3. The number of hydrogen-bond acceptors (Lipinski definition) is 5. The zero-order valence-electron chi connectivity index (χ0n) is 14.6. The van der Waals surface area contributed by atoms with Crippen LogP contribution in [0.25, 0.3) is 0 Å². The van der Waals surface area contributed by atoms with Gasteiger partial charge in [0.15, 0.2) is 0 Å². The summed E-state index contributed by atoms with van der Waals surface area (Å²) in [6, 6.07) is 11.1. The molecule has 2 rings (SSSR count). The first-order valence-corrected chi connectivity index (χ1v) is 9.45. The maximum atomic E-state index is 12.3. The smallest absolute Gasteiger partial charge is 0.243 e. The summed E-state index contributed by atoms with van der Waals surface area (Å²) in [5.74, 6) is 0.136. The number of sulfonamides is 1. The minimum atomic E-state index is -3.59. The van der Waals surface area contributed by atoms with Crippen molar-refractivity contribution in [2.45, 2.75) is 4.90 Å². The highest BCUT2D eigenvalue weighted by Gasteiger charge is 2.19. The Labute approximate surface area is 158 Å². The van der Waals surface area contributed by atoms with Crippen LogP contribution in [-0.2, 0) is 14.8 Å². The number of benzene rings is 2. The largest absolute Gasteiger partial charge is 0.495 e. The fourth-order valence-corrected chi connectivity index (χ4v) is 3.16. The number of amides is 1. The van der Waals surface area contributed by atoms with E-state index in [2.05, 4.69) is 10.6 Å². The molecule has 1 amide bonds. The Kier molecular flexibility index (Phi) is 6.47. The van der Waals surface area contributed by atoms with Gasteiger partial charge in [-0.15, -0.1) is 0 Å². The first-order chi connectivity index (χ1) is 12.2. The molecule has 26 heavy (non-hydrogen) atoms. The molecule has 0 atom stereocenters. The fourth-order valence-electron chi connectivity index (χ4n) is 2.11. The molecule has 0 radical (unpaired) electrons. The van der Waals surface area contributed by atoms with Crippen LogP contribution >= 0.6 is 11.6 Å². The predicted octanol–water partition coefficient (Wildman–Crippen LogP) is 2.65. The third-order valence-corrected chi connectivity index (χ3v) is 5.58. The number of anilines is 2. The SMILES string of the molecule is COc1ccc(S(=O)(=O)N(C)C)cc1NCC(=O)Nc1ccc(Cl)cc1. The molecule has 0 saturated heterocycles. The first-order valence-electron chi connectivity index (χ1n) is 7.64. The maximum Gasteiger partial charge on any atom is 0.243 e. The van der Waals surface area contributed by atoms with E-state index in [9.17, 15) is 13.2 Å². The zero-order chi connectivity index (χ0) is 19.3. The molecule has 7 nitrogen and oxygen atoms in total. The molecule has 9 heteroatoms. The molecule has 0 fully saturated rings. The van der Waals surface area contributed by atoms with Crippen molar-refractivity contribution in [2.75, 3.05) is 38.4 Å². The molecule has 0 aliphatic rings. The molecule has 2 aromatic carbocycles. The molecule has 140 valence electrons. The van der Waals surface area contributed by atoms with Crippen LogP contribution in [0.2, 0.25) is 5.02 Å². The summed E-state index contributed by atoms with van der Waals surface area (Å²) in [5.41, 5.74) is 1.01. The van der Waals surface area contributed by atoms with Crippen molar-refractivity contribution in [2.24, 2.45) is 0 Å². The van der Waals surface area contributed by atoms with Gasteiger partial charge < -0.3 is 15.4 Å². The highest BCUT2D eigenvalue weighted by molar-refractivity contribution is 7.89. The van der Waals surface area contributed by atoms with Gasteiger partial charge in [0.25, 0.3) is 0 Å². The lowest BCUT2D eigenvalue weighted by Gasteiger charge is -2.15. The second-order valence-electron chi connectivity index (χ2n) is 5.56. The van der Waals surface area contributed by atoms with Crippen molar-refractivity contribution in [3.8, 4) is 5.75 Å². The summed E-state index contributed by atoms with van der Waals surface area (Å²) in [4.78, 5) is 12.2. The quantitative estimate of drug-likeness (QED) is 0.749. The van der Waals surface area contributed by atoms with Crippen LogP contribution in [0.4, 0.5) is 11.4 Å². The second kappa shape index (κ2) is 8.39. The summed E-state index contributed by atoms with van der Waals surface area (Å²) < 4.78 is 30.9. The van der Waals surface area contributed by atoms with Gasteiger partial charge in [-0.25, -0.2) is 12.7 Å². The highest BCUT2D eigenvalue weighted by atomic mass is 35.5. The lowest BCUT2D eigenvalue weighted by Crippen LogP contribution is -2.23. The number of carbonyl (C=O) groups is 1. The van der Waals surface area contributed by atoms with Gasteiger partial charge >= 0.3 is 0 Å². The topological polar surface area (TPSA) is 87.7 Å². The number of methoxy groups -OCH3 is 1. The Morgan fingerprint density at radius 1 is 1.15 bits per heavy atom. The molecule has 0 aliphatic heterocycles. The van der Waals surface area contributed by atoms with E-state index >= 15 is 0 Å². The van der Waals surface area contributed by atoms with E-state index in [1.165, 1.54) is 39.4 Å². The summed E-state index contributed by atoms with van der Waals surface area (Å²) in [6.07, 6.45) is 0. The number of halogens is 1. The number of rotatable bonds is 7. The van der Waals surface area contributed by atoms with Crippen LogP contribution in [0.15, 0.2) is 47.4 Å². The van der Waals surface area contributed by atoms with Crippen LogP contribution in [0.3, 0.4) is 0 Å². The zero-order valence-corrected chi connectivity index (χ0v) is 16.2. The van der Waals surface area contributed by atoms with Crippen molar-refractivity contribution in [3.05, 3.63) is 47.5 Å². The molecule has 0 saturated carbocycles. The van der Waals surface area contributed by atoms with Gasteiger partial charge in [-0.05, 0) is 42.5 Å². The Morgan fingerprint density at radius 3 is 2.38 bits per heavy atom. The van der Waals surface area contributed by atoms with Gasteiger partial charge in [0, 0.05) is 24.8 Å². The highest BCUT2D eigenvalue weighted by Crippen LogP contribution is 2.28. The normalized spacial score (nSPS) is 11.3. The van der Waals surface area contributed by atoms with Gasteiger partial charge in [0.05, 0.1) is 24.2 Å². The van der Waals surface area contributed by atoms with Crippen molar-refractivity contribution < 1.29 is 17.9 Å². The Morgan fingerprint density at radius 2 is 1.81 bits per heavy atom. The Hall–Kier alpha value is -2.29. The van der Waals surface area contributed by atoms with Crippen LogP contribution in [0.1, 0.15) is 0 Å². The standard InChI is InChI=1S/C17H20ClN3O4S/c1-21(2)26(23,24)14-8-9-16(25-3)15(10-14)19-11-17(22)20-13-6-4-12(18)5-7-13/h4-10,19H,11H2,1-3H3,(H,20,22). The van der Waals surface area contributed by atoms with Gasteiger partial charge in [0.2, 0.25) is 15.9 Å². The number of hydrogen-bond donors (Lipinski definition) is 2. The molecular weight excluding hydrogens is 378 g/mol. The van der Waals surface area contributed by atoms with Crippen molar-refractivity contribution in [1.29, 1.82) is 0 Å². The average molecular weight is 398 g/mol. The Balaban J connectivity index is 2.12. The lowest BCUT2D eigenvalue weighted by atomic mass is 10.3. The van der Waals surface area contributed by atoms with Gasteiger partial charge in [-0.2, -0.15) is 0 Å². The van der Waals surface area contributed by atoms with Crippen LogP contribution < -0.4 is 15.4 Å². The number of nitrogens with zero attached hydrogens (tertiary/aromatic N) is 1. The minimum absolute atomic E-state index is 0.0650. The fraction of sp³-hybridized carbons (Fsp3) is 0.235. The van der Waals surface area contributed by atoms with Crippen molar-refractivity contribution >= 4 is 38.9 Å². The van der Waals surface area contributed by atoms with E-state index in [0.717, 1.165) is 4.31 Å². The number of carbonyl (C=O) groups excluding carboxylic acids is 1. The van der Waals surface area contributed by atoms with Crippen molar-refractivity contribution in [3.63, 3.8) is 0 Å². The Bertz CT molecular complexity index is 883. The van der Waals surface area contributed by atoms with E-state index in [0.29, 0.717) is 22.1 Å². The predicted molar refractivity (Wildman–Crippen MR) is 102 cm³/mol. The summed E-state index contributed by atoms with van der Waals surface area (Å²) in [6.45, 7) is -0.0650. The van der Waals surface area contributed by atoms with Crippen LogP contribution in [-0.4, -0.2) is 46.4 Å². The van der Waals surface area contributed by atoms with Gasteiger partial charge in [-0.1, -0.05) is 11.6 Å². The molecule has 0 heterocycles. The van der Waals surface area contributed by atoms with E-state index in [4.69, 9.17) is 16.3 Å². The number of ether oxygens (including phenoxy) is 1. The first kappa shape index (κ1) is 20.0. The van der Waals surface area contributed by atoms with Crippen LogP contribution in [0.5, 0.6) is 5.75 Å². The van der Waals surface area contributed by atoms with Crippen LogP contribution in [0, 0.1) is 0 Å². The number of nitrogens with one attached hydrogen (secondary N) is 2. The van der Waals surface area contributed by atoms with Gasteiger partial charge in [0.1, 0.15) is 5.75 Å². The lowest BCUT2D eigenvalue weighted by molar-refractivity contribution is -0.114. The molecule has 0 unspecified atom stereocenters.